The Hall–Kier alpha value is -0.790. The Balaban J connectivity index is 2.98. The summed E-state index contributed by atoms with van der Waals surface area (Å²) in [6.07, 6.45) is 4.53. The minimum atomic E-state index is 0.135. The number of hydrogen-bond donors (Lipinski definition) is 0. The molecule has 2 heteroatoms. The molecule has 104 valence electrons. The number of rotatable bonds is 3. The van der Waals surface area contributed by atoms with Gasteiger partial charge < -0.3 is 4.90 Å². The van der Waals surface area contributed by atoms with Crippen molar-refractivity contribution in [2.24, 2.45) is 15.8 Å². The Morgan fingerprint density at radius 2 is 1.72 bits per heavy atom. The number of allylic oxidation sites excluding steroid dienone is 1. The van der Waals surface area contributed by atoms with Crippen molar-refractivity contribution in [3.63, 3.8) is 0 Å². The van der Waals surface area contributed by atoms with Crippen molar-refractivity contribution >= 4 is 6.34 Å². The number of unbranched alkanes of at least 4 members (excludes halogenated alkanes) is 1. The highest BCUT2D eigenvalue weighted by Crippen LogP contribution is 2.38. The van der Waals surface area contributed by atoms with E-state index in [4.69, 9.17) is 4.99 Å². The molecule has 0 aromatic rings. The Kier molecular flexibility index (Phi) is 4.63. The summed E-state index contributed by atoms with van der Waals surface area (Å²) < 4.78 is 0. The van der Waals surface area contributed by atoms with Crippen LogP contribution in [0.1, 0.15) is 61.3 Å². The van der Waals surface area contributed by atoms with Crippen LogP contribution in [0.3, 0.4) is 0 Å². The smallest absolute Gasteiger partial charge is 0.0911 e. The number of aliphatic imine (C=N–C) groups is 1. The van der Waals surface area contributed by atoms with Gasteiger partial charge >= 0.3 is 0 Å². The predicted octanol–water partition coefficient (Wildman–Crippen LogP) is 4.48. The fourth-order valence-electron chi connectivity index (χ4n) is 2.27. The number of nitrogens with zero attached hydrogens (tertiary/aromatic N) is 2. The maximum atomic E-state index is 4.76. The van der Waals surface area contributed by atoms with Crippen LogP contribution >= 0.6 is 0 Å². The van der Waals surface area contributed by atoms with Crippen molar-refractivity contribution in [1.82, 2.24) is 4.90 Å². The predicted molar refractivity (Wildman–Crippen MR) is 80.9 cm³/mol. The first-order valence-electron chi connectivity index (χ1n) is 7.18. The van der Waals surface area contributed by atoms with Gasteiger partial charge in [0, 0.05) is 24.2 Å². The minimum absolute atomic E-state index is 0.135. The highest BCUT2D eigenvalue weighted by Gasteiger charge is 2.30. The van der Waals surface area contributed by atoms with Crippen molar-refractivity contribution in [1.29, 1.82) is 0 Å². The molecular weight excluding hydrogens is 220 g/mol. The van der Waals surface area contributed by atoms with Crippen LogP contribution in [0, 0.1) is 10.8 Å². The van der Waals surface area contributed by atoms with E-state index in [1.165, 1.54) is 24.1 Å². The Bertz CT molecular complexity index is 337. The van der Waals surface area contributed by atoms with Gasteiger partial charge in [-0.3, -0.25) is 0 Å². The van der Waals surface area contributed by atoms with E-state index in [1.54, 1.807) is 0 Å². The third kappa shape index (κ3) is 3.86. The highest BCUT2D eigenvalue weighted by atomic mass is 15.2. The van der Waals surface area contributed by atoms with Gasteiger partial charge in [0.25, 0.3) is 0 Å². The van der Waals surface area contributed by atoms with Gasteiger partial charge in [0.15, 0.2) is 0 Å². The molecule has 0 aromatic carbocycles. The molecule has 0 amide bonds. The van der Waals surface area contributed by atoms with Crippen LogP contribution in [0.5, 0.6) is 0 Å². The summed E-state index contributed by atoms with van der Waals surface area (Å²) >= 11 is 0. The van der Waals surface area contributed by atoms with Gasteiger partial charge in [0.1, 0.15) is 0 Å². The molecule has 0 N–H and O–H groups in total. The lowest BCUT2D eigenvalue weighted by Gasteiger charge is -2.37. The first-order valence-corrected chi connectivity index (χ1v) is 7.18. The minimum Gasteiger partial charge on any atom is -0.359 e. The van der Waals surface area contributed by atoms with Gasteiger partial charge in [-0.2, -0.15) is 0 Å². The topological polar surface area (TPSA) is 15.6 Å². The summed E-state index contributed by atoms with van der Waals surface area (Å²) in [7, 11) is 0. The molecule has 0 aromatic heterocycles. The molecule has 1 heterocycles. The zero-order valence-electron chi connectivity index (χ0n) is 13.3. The third-order valence-electron chi connectivity index (χ3n) is 3.41. The van der Waals surface area contributed by atoms with Crippen LogP contribution in [0.25, 0.3) is 0 Å². The lowest BCUT2D eigenvalue weighted by molar-refractivity contribution is 0.359. The van der Waals surface area contributed by atoms with Crippen LogP contribution < -0.4 is 0 Å². The lowest BCUT2D eigenvalue weighted by Crippen LogP contribution is -2.35. The summed E-state index contributed by atoms with van der Waals surface area (Å²) in [5.41, 5.74) is 3.11. The standard InChI is InChI=1S/C16H30N2/c1-8-9-10-18-11-13(15(2,3)4)14(17-12-18)16(5,6)7/h12H,8-11H2,1-7H3. The van der Waals surface area contributed by atoms with E-state index in [-0.39, 0.29) is 10.8 Å². The van der Waals surface area contributed by atoms with Gasteiger partial charge in [-0.25, -0.2) is 4.99 Å². The second-order valence-corrected chi connectivity index (χ2v) is 7.40. The van der Waals surface area contributed by atoms with Crippen molar-refractivity contribution < 1.29 is 0 Å². The molecule has 0 bridgehead atoms. The van der Waals surface area contributed by atoms with Crippen LogP contribution in [-0.4, -0.2) is 24.3 Å². The van der Waals surface area contributed by atoms with Crippen molar-refractivity contribution in [2.45, 2.75) is 61.3 Å². The molecular formula is C16H30N2. The van der Waals surface area contributed by atoms with Crippen molar-refractivity contribution in [3.8, 4) is 0 Å². The zero-order valence-corrected chi connectivity index (χ0v) is 13.3. The van der Waals surface area contributed by atoms with E-state index < -0.39 is 0 Å². The molecule has 1 aliphatic heterocycles. The van der Waals surface area contributed by atoms with Gasteiger partial charge in [-0.15, -0.1) is 0 Å². The molecule has 1 aliphatic rings. The first-order chi connectivity index (χ1) is 8.16. The second-order valence-electron chi connectivity index (χ2n) is 7.40. The molecule has 0 saturated heterocycles. The Labute approximate surface area is 113 Å². The number of hydrogen-bond acceptors (Lipinski definition) is 2. The zero-order chi connectivity index (χ0) is 14.0. The lowest BCUT2D eigenvalue weighted by atomic mass is 9.78. The van der Waals surface area contributed by atoms with Crippen molar-refractivity contribution in [2.75, 3.05) is 13.1 Å². The Morgan fingerprint density at radius 3 is 2.17 bits per heavy atom. The molecule has 0 aliphatic carbocycles. The van der Waals surface area contributed by atoms with Crippen LogP contribution in [0.4, 0.5) is 0 Å². The van der Waals surface area contributed by atoms with E-state index in [1.807, 2.05) is 6.34 Å². The second kappa shape index (κ2) is 5.46. The van der Waals surface area contributed by atoms with E-state index in [0.717, 1.165) is 13.1 Å². The third-order valence-corrected chi connectivity index (χ3v) is 3.41. The van der Waals surface area contributed by atoms with Gasteiger partial charge in [0.2, 0.25) is 0 Å². The van der Waals surface area contributed by atoms with Crippen LogP contribution in [0.2, 0.25) is 0 Å². The summed E-state index contributed by atoms with van der Waals surface area (Å²) in [4.78, 5) is 7.12. The fourth-order valence-corrected chi connectivity index (χ4v) is 2.27. The maximum absolute atomic E-state index is 4.76. The summed E-state index contributed by atoms with van der Waals surface area (Å²) in [5.74, 6) is 0. The molecule has 0 fully saturated rings. The molecule has 0 atom stereocenters. The normalized spacial score (nSPS) is 17.6. The summed E-state index contributed by atoms with van der Waals surface area (Å²) in [5, 5.41) is 0. The van der Waals surface area contributed by atoms with E-state index in [0.29, 0.717) is 0 Å². The van der Waals surface area contributed by atoms with Gasteiger partial charge in [-0.05, 0) is 17.4 Å². The summed E-state index contributed by atoms with van der Waals surface area (Å²) in [6, 6.07) is 0. The molecule has 2 nitrogen and oxygen atoms in total. The maximum Gasteiger partial charge on any atom is 0.0911 e. The molecule has 1 rings (SSSR count). The van der Waals surface area contributed by atoms with Crippen LogP contribution in [0.15, 0.2) is 16.3 Å². The summed E-state index contributed by atoms with van der Waals surface area (Å²) in [6.45, 7) is 18.1. The van der Waals surface area contributed by atoms with Gasteiger partial charge in [-0.1, -0.05) is 54.9 Å². The van der Waals surface area contributed by atoms with Crippen LogP contribution in [-0.2, 0) is 0 Å². The Morgan fingerprint density at radius 1 is 1.11 bits per heavy atom. The highest BCUT2D eigenvalue weighted by molar-refractivity contribution is 5.60. The largest absolute Gasteiger partial charge is 0.359 e. The van der Waals surface area contributed by atoms with E-state index in [2.05, 4.69) is 53.4 Å². The average Bonchev–Trinajstić information content (AvgIpc) is 2.23. The van der Waals surface area contributed by atoms with E-state index >= 15 is 0 Å². The molecule has 18 heavy (non-hydrogen) atoms. The fraction of sp³-hybridized carbons (Fsp3) is 0.812. The molecule has 0 unspecified atom stereocenters. The first kappa shape index (κ1) is 15.3. The van der Waals surface area contributed by atoms with E-state index in [9.17, 15) is 0 Å². The molecule has 0 spiro atoms. The molecule has 0 radical (unpaired) electrons. The van der Waals surface area contributed by atoms with Gasteiger partial charge in [0.05, 0.1) is 6.34 Å². The quantitative estimate of drug-likeness (QED) is 0.721. The average molecular weight is 250 g/mol. The van der Waals surface area contributed by atoms with Crippen molar-refractivity contribution in [3.05, 3.63) is 11.3 Å². The SMILES string of the molecule is CCCCN1C=NC(C(C)(C)C)=C(C(C)(C)C)C1. The monoisotopic (exact) mass is 250 g/mol. The molecule has 0 saturated carbocycles.